The number of aromatic nitrogens is 3. The lowest BCUT2D eigenvalue weighted by atomic mass is 9.94. The number of benzene rings is 1. The maximum absolute atomic E-state index is 13.2. The van der Waals surface area contributed by atoms with Crippen LogP contribution in [0, 0.1) is 11.3 Å². The fourth-order valence-electron chi connectivity index (χ4n) is 4.94. The summed E-state index contributed by atoms with van der Waals surface area (Å²) in [7, 11) is -3.52. The highest BCUT2D eigenvalue weighted by molar-refractivity contribution is 7.91. The van der Waals surface area contributed by atoms with Crippen LogP contribution in [0.2, 0.25) is 0 Å². The van der Waals surface area contributed by atoms with Gasteiger partial charge in [-0.25, -0.2) is 18.4 Å². The van der Waals surface area contributed by atoms with Crippen LogP contribution in [0.3, 0.4) is 0 Å². The van der Waals surface area contributed by atoms with Gasteiger partial charge in [0.05, 0.1) is 36.6 Å². The Labute approximate surface area is 198 Å². The molecule has 34 heavy (non-hydrogen) atoms. The molecule has 0 spiro atoms. The number of nitrogens with one attached hydrogen (secondary N) is 1. The average molecular weight is 482 g/mol. The van der Waals surface area contributed by atoms with Gasteiger partial charge in [0.25, 0.3) is 0 Å². The second kappa shape index (κ2) is 8.65. The molecular weight excluding hydrogens is 454 g/mol. The normalized spacial score (nSPS) is 20.9. The first-order chi connectivity index (χ1) is 16.3. The van der Waals surface area contributed by atoms with Gasteiger partial charge in [0, 0.05) is 54.7 Å². The number of morpholine rings is 1. The predicted octanol–water partition coefficient (Wildman–Crippen LogP) is 2.77. The molecule has 2 fully saturated rings. The molecule has 10 heteroatoms. The molecule has 4 heterocycles. The van der Waals surface area contributed by atoms with Gasteiger partial charge in [-0.3, -0.25) is 0 Å². The summed E-state index contributed by atoms with van der Waals surface area (Å²) in [5, 5.41) is 10.5. The standard InChI is InChI=1S/C24H27N5O4S/c1-16-15-33-10-7-29(16)22-13-21(24(34(2,30)31)4-8-32-9-5-24)27-23(28-22)19-11-17(14-25)12-20-18(19)3-6-26-20/h3,6,11-13,16,26H,4-5,7-10,15H2,1-2H3/t16-/m1/s1. The molecule has 5 rings (SSSR count). The molecule has 2 aromatic heterocycles. The van der Waals surface area contributed by atoms with Crippen molar-refractivity contribution in [2.75, 3.05) is 44.1 Å². The Balaban J connectivity index is 1.77. The molecule has 9 nitrogen and oxygen atoms in total. The van der Waals surface area contributed by atoms with Gasteiger partial charge in [0.2, 0.25) is 0 Å². The summed E-state index contributed by atoms with van der Waals surface area (Å²) in [6.45, 7) is 4.52. The Morgan fingerprint density at radius 3 is 2.68 bits per heavy atom. The molecule has 2 saturated heterocycles. The van der Waals surface area contributed by atoms with Gasteiger partial charge in [-0.15, -0.1) is 0 Å². The van der Waals surface area contributed by atoms with Crippen LogP contribution in [-0.2, 0) is 24.1 Å². The van der Waals surface area contributed by atoms with Crippen LogP contribution < -0.4 is 4.90 Å². The fraction of sp³-hybridized carbons (Fsp3) is 0.458. The van der Waals surface area contributed by atoms with Crippen molar-refractivity contribution in [1.82, 2.24) is 15.0 Å². The van der Waals surface area contributed by atoms with Crippen LogP contribution in [0.4, 0.5) is 5.82 Å². The minimum Gasteiger partial charge on any atom is -0.381 e. The summed E-state index contributed by atoms with van der Waals surface area (Å²) in [6, 6.07) is 9.55. The number of anilines is 1. The third-order valence-corrected chi connectivity index (χ3v) is 8.93. The molecule has 1 N–H and O–H groups in total. The third-order valence-electron chi connectivity index (χ3n) is 6.89. The number of aromatic amines is 1. The molecule has 0 aliphatic carbocycles. The third kappa shape index (κ3) is 3.83. The molecule has 0 radical (unpaired) electrons. The number of hydrogen-bond donors (Lipinski definition) is 1. The fourth-order valence-corrected chi connectivity index (χ4v) is 6.33. The van der Waals surface area contributed by atoms with Gasteiger partial charge in [0.1, 0.15) is 10.6 Å². The number of nitriles is 1. The molecule has 1 atom stereocenters. The largest absolute Gasteiger partial charge is 0.381 e. The smallest absolute Gasteiger partial charge is 0.162 e. The summed E-state index contributed by atoms with van der Waals surface area (Å²) in [4.78, 5) is 15.1. The van der Waals surface area contributed by atoms with Crippen molar-refractivity contribution in [1.29, 1.82) is 5.26 Å². The second-order valence-corrected chi connectivity index (χ2v) is 11.3. The maximum atomic E-state index is 13.2. The van der Waals surface area contributed by atoms with E-state index in [4.69, 9.17) is 19.4 Å². The van der Waals surface area contributed by atoms with Gasteiger partial charge >= 0.3 is 0 Å². The summed E-state index contributed by atoms with van der Waals surface area (Å²) >= 11 is 0. The molecule has 3 aromatic rings. The van der Waals surface area contributed by atoms with Crippen molar-refractivity contribution in [3.8, 4) is 17.5 Å². The highest BCUT2D eigenvalue weighted by Gasteiger charge is 2.46. The Hall–Kier alpha value is -3.00. The maximum Gasteiger partial charge on any atom is 0.162 e. The lowest BCUT2D eigenvalue weighted by molar-refractivity contribution is 0.0731. The Kier molecular flexibility index (Phi) is 5.80. The van der Waals surface area contributed by atoms with Gasteiger partial charge in [0.15, 0.2) is 15.7 Å². The Bertz CT molecular complexity index is 1370. The van der Waals surface area contributed by atoms with Crippen LogP contribution in [0.25, 0.3) is 22.3 Å². The van der Waals surface area contributed by atoms with Gasteiger partial charge in [-0.05, 0) is 38.0 Å². The second-order valence-electron chi connectivity index (χ2n) is 9.01. The molecule has 0 bridgehead atoms. The van der Waals surface area contributed by atoms with Gasteiger partial charge in [-0.2, -0.15) is 5.26 Å². The van der Waals surface area contributed by atoms with Crippen LogP contribution in [0.5, 0.6) is 0 Å². The van der Waals surface area contributed by atoms with E-state index in [-0.39, 0.29) is 6.04 Å². The summed E-state index contributed by atoms with van der Waals surface area (Å²) in [6.07, 6.45) is 3.74. The molecule has 0 amide bonds. The number of ether oxygens (including phenoxy) is 2. The number of nitrogens with zero attached hydrogens (tertiary/aromatic N) is 4. The van der Waals surface area contributed by atoms with E-state index >= 15 is 0 Å². The lowest BCUT2D eigenvalue weighted by Crippen LogP contribution is -2.45. The lowest BCUT2D eigenvalue weighted by Gasteiger charge is -2.37. The van der Waals surface area contributed by atoms with Crippen molar-refractivity contribution >= 4 is 26.6 Å². The summed E-state index contributed by atoms with van der Waals surface area (Å²) in [5.74, 6) is 1.07. The summed E-state index contributed by atoms with van der Waals surface area (Å²) < 4.78 is 36.3. The number of sulfone groups is 1. The Morgan fingerprint density at radius 2 is 1.97 bits per heavy atom. The van der Waals surface area contributed by atoms with Gasteiger partial charge < -0.3 is 19.4 Å². The molecule has 1 aromatic carbocycles. The quantitative estimate of drug-likeness (QED) is 0.604. The van der Waals surface area contributed by atoms with Crippen LogP contribution in [-0.4, -0.2) is 68.6 Å². The molecular formula is C24H27N5O4S. The van der Waals surface area contributed by atoms with E-state index in [1.54, 1.807) is 18.3 Å². The number of H-pyrrole nitrogens is 1. The molecule has 2 aliphatic heterocycles. The highest BCUT2D eigenvalue weighted by atomic mass is 32.2. The van der Waals surface area contributed by atoms with Crippen molar-refractivity contribution in [2.24, 2.45) is 0 Å². The van der Waals surface area contributed by atoms with E-state index < -0.39 is 14.6 Å². The minimum atomic E-state index is -3.52. The van der Waals surface area contributed by atoms with E-state index in [2.05, 4.69) is 22.9 Å². The zero-order valence-electron chi connectivity index (χ0n) is 19.2. The average Bonchev–Trinajstić information content (AvgIpc) is 3.32. The van der Waals surface area contributed by atoms with Crippen molar-refractivity contribution in [2.45, 2.75) is 30.6 Å². The molecule has 178 valence electrons. The molecule has 0 saturated carbocycles. The van der Waals surface area contributed by atoms with E-state index in [0.29, 0.717) is 74.3 Å². The van der Waals surface area contributed by atoms with Crippen LogP contribution in [0.15, 0.2) is 30.5 Å². The SMILES string of the molecule is C[C@@H]1COCCN1c1cc(C2(S(C)(=O)=O)CCOCC2)nc(-c2cc(C#N)cc3[nH]ccc23)n1. The zero-order chi connectivity index (χ0) is 23.9. The van der Waals surface area contributed by atoms with E-state index in [9.17, 15) is 13.7 Å². The van der Waals surface area contributed by atoms with Crippen LogP contribution >= 0.6 is 0 Å². The monoisotopic (exact) mass is 481 g/mol. The minimum absolute atomic E-state index is 0.0749. The van der Waals surface area contributed by atoms with Crippen molar-refractivity contribution in [3.05, 3.63) is 41.7 Å². The topological polar surface area (TPSA) is 121 Å². The first kappa shape index (κ1) is 22.8. The van der Waals surface area contributed by atoms with Crippen molar-refractivity contribution in [3.63, 3.8) is 0 Å². The number of rotatable bonds is 4. The Morgan fingerprint density at radius 1 is 1.18 bits per heavy atom. The predicted molar refractivity (Wildman–Crippen MR) is 128 cm³/mol. The molecule has 2 aliphatic rings. The van der Waals surface area contributed by atoms with E-state index in [1.165, 1.54) is 6.26 Å². The zero-order valence-corrected chi connectivity index (χ0v) is 20.1. The van der Waals surface area contributed by atoms with E-state index in [1.807, 2.05) is 12.1 Å². The number of hydrogen-bond acceptors (Lipinski definition) is 8. The van der Waals surface area contributed by atoms with Gasteiger partial charge in [-0.1, -0.05) is 0 Å². The van der Waals surface area contributed by atoms with Crippen molar-refractivity contribution < 1.29 is 17.9 Å². The summed E-state index contributed by atoms with van der Waals surface area (Å²) in [5.41, 5.74) is 2.44. The molecule has 0 unspecified atom stereocenters. The van der Waals surface area contributed by atoms with Crippen LogP contribution in [0.1, 0.15) is 31.0 Å². The number of fused-ring (bicyclic) bond motifs is 1. The first-order valence-corrected chi connectivity index (χ1v) is 13.2. The first-order valence-electron chi connectivity index (χ1n) is 11.4. The highest BCUT2D eigenvalue weighted by Crippen LogP contribution is 2.41. The van der Waals surface area contributed by atoms with E-state index in [0.717, 1.165) is 10.9 Å².